The Hall–Kier alpha value is -0.610. The number of hydrogen-bond acceptors (Lipinski definition) is 3. The summed E-state index contributed by atoms with van der Waals surface area (Å²) in [6, 6.07) is 0. The number of carbonyl (C=O) groups is 1. The molecule has 4 heteroatoms. The number of rotatable bonds is 7. The summed E-state index contributed by atoms with van der Waals surface area (Å²) < 4.78 is 0. The van der Waals surface area contributed by atoms with E-state index in [1.807, 2.05) is 13.8 Å². The van der Waals surface area contributed by atoms with Crippen LogP contribution in [0.15, 0.2) is 0 Å². The Labute approximate surface area is 117 Å². The predicted octanol–water partition coefficient (Wildman–Crippen LogP) is 1.68. The van der Waals surface area contributed by atoms with Gasteiger partial charge in [-0.1, -0.05) is 20.8 Å². The van der Waals surface area contributed by atoms with E-state index in [-0.39, 0.29) is 5.91 Å². The Kier molecular flexibility index (Phi) is 6.80. The Morgan fingerprint density at radius 1 is 1.47 bits per heavy atom. The first-order chi connectivity index (χ1) is 9.00. The minimum Gasteiger partial charge on any atom is -0.388 e. The van der Waals surface area contributed by atoms with Gasteiger partial charge in [-0.2, -0.15) is 0 Å². The monoisotopic (exact) mass is 270 g/mol. The number of carbonyl (C=O) groups excluding carboxylic acids is 1. The van der Waals surface area contributed by atoms with E-state index in [4.69, 9.17) is 0 Å². The van der Waals surface area contributed by atoms with E-state index in [2.05, 4.69) is 17.6 Å². The van der Waals surface area contributed by atoms with Crippen LogP contribution in [0.4, 0.5) is 0 Å². The highest BCUT2D eigenvalue weighted by Gasteiger charge is 2.25. The van der Waals surface area contributed by atoms with E-state index in [0.717, 1.165) is 13.1 Å². The van der Waals surface area contributed by atoms with Crippen LogP contribution in [0.25, 0.3) is 0 Å². The zero-order chi connectivity index (χ0) is 14.3. The molecule has 0 bridgehead atoms. The van der Waals surface area contributed by atoms with E-state index in [9.17, 15) is 9.90 Å². The SMILES string of the molecule is CCC(O)(CC)CNC(=O)CC(C)C1CCCNC1. The van der Waals surface area contributed by atoms with Crippen molar-refractivity contribution >= 4 is 5.91 Å². The largest absolute Gasteiger partial charge is 0.388 e. The maximum Gasteiger partial charge on any atom is 0.220 e. The highest BCUT2D eigenvalue weighted by Crippen LogP contribution is 2.22. The Morgan fingerprint density at radius 3 is 2.68 bits per heavy atom. The molecule has 1 aliphatic rings. The van der Waals surface area contributed by atoms with Gasteiger partial charge in [0.15, 0.2) is 0 Å². The summed E-state index contributed by atoms with van der Waals surface area (Å²) in [5.74, 6) is 1.08. The van der Waals surface area contributed by atoms with E-state index >= 15 is 0 Å². The average Bonchev–Trinajstić information content (AvgIpc) is 2.45. The van der Waals surface area contributed by atoms with Crippen molar-refractivity contribution < 1.29 is 9.90 Å². The second-order valence-electron chi connectivity index (χ2n) is 6.00. The van der Waals surface area contributed by atoms with Crippen molar-refractivity contribution in [3.8, 4) is 0 Å². The number of piperidine rings is 1. The molecule has 1 saturated heterocycles. The highest BCUT2D eigenvalue weighted by molar-refractivity contribution is 5.76. The summed E-state index contributed by atoms with van der Waals surface area (Å²) in [7, 11) is 0. The molecular formula is C15H30N2O2. The molecule has 4 nitrogen and oxygen atoms in total. The van der Waals surface area contributed by atoms with Gasteiger partial charge in [0.05, 0.1) is 5.60 Å². The van der Waals surface area contributed by atoms with Gasteiger partial charge in [-0.05, 0) is 50.6 Å². The predicted molar refractivity (Wildman–Crippen MR) is 77.9 cm³/mol. The summed E-state index contributed by atoms with van der Waals surface area (Å²) in [4.78, 5) is 11.9. The van der Waals surface area contributed by atoms with Crippen molar-refractivity contribution in [2.45, 2.75) is 58.5 Å². The molecular weight excluding hydrogens is 240 g/mol. The van der Waals surface area contributed by atoms with Crippen LogP contribution in [-0.4, -0.2) is 36.2 Å². The Morgan fingerprint density at radius 2 is 2.16 bits per heavy atom. The molecule has 1 rings (SSSR count). The Balaban J connectivity index is 2.30. The minimum absolute atomic E-state index is 0.0680. The molecule has 1 aliphatic heterocycles. The normalized spacial score (nSPS) is 22.0. The van der Waals surface area contributed by atoms with E-state index in [0.29, 0.717) is 37.6 Å². The van der Waals surface area contributed by atoms with Gasteiger partial charge < -0.3 is 15.7 Å². The molecule has 0 radical (unpaired) electrons. The summed E-state index contributed by atoms with van der Waals surface area (Å²) >= 11 is 0. The molecule has 1 heterocycles. The van der Waals surface area contributed by atoms with Gasteiger partial charge in [0.1, 0.15) is 0 Å². The third-order valence-electron chi connectivity index (χ3n) is 4.58. The number of hydrogen-bond donors (Lipinski definition) is 3. The third kappa shape index (κ3) is 5.49. The quantitative estimate of drug-likeness (QED) is 0.659. The van der Waals surface area contributed by atoms with Gasteiger partial charge in [-0.15, -0.1) is 0 Å². The van der Waals surface area contributed by atoms with Crippen molar-refractivity contribution in [2.24, 2.45) is 11.8 Å². The van der Waals surface area contributed by atoms with Crippen molar-refractivity contribution in [3.63, 3.8) is 0 Å². The van der Waals surface area contributed by atoms with Gasteiger partial charge >= 0.3 is 0 Å². The van der Waals surface area contributed by atoms with Gasteiger partial charge in [-0.3, -0.25) is 4.79 Å². The maximum absolute atomic E-state index is 11.9. The standard InChI is InChI=1S/C15H30N2O2/c1-4-15(19,5-2)11-17-14(18)9-12(3)13-7-6-8-16-10-13/h12-13,16,19H,4-11H2,1-3H3,(H,17,18). The summed E-state index contributed by atoms with van der Waals surface area (Å²) in [6.45, 7) is 8.56. The lowest BCUT2D eigenvalue weighted by atomic mass is 9.85. The molecule has 0 aliphatic carbocycles. The van der Waals surface area contributed by atoms with Crippen LogP contribution in [0.2, 0.25) is 0 Å². The van der Waals surface area contributed by atoms with Gasteiger partial charge in [-0.25, -0.2) is 0 Å². The van der Waals surface area contributed by atoms with E-state index < -0.39 is 5.60 Å². The van der Waals surface area contributed by atoms with Crippen molar-refractivity contribution in [2.75, 3.05) is 19.6 Å². The topological polar surface area (TPSA) is 61.4 Å². The molecule has 0 aromatic carbocycles. The first-order valence-corrected chi connectivity index (χ1v) is 7.70. The molecule has 19 heavy (non-hydrogen) atoms. The number of aliphatic hydroxyl groups is 1. The number of nitrogens with one attached hydrogen (secondary N) is 2. The van der Waals surface area contributed by atoms with Crippen LogP contribution in [0, 0.1) is 11.8 Å². The highest BCUT2D eigenvalue weighted by atomic mass is 16.3. The van der Waals surface area contributed by atoms with Gasteiger partial charge in [0.25, 0.3) is 0 Å². The van der Waals surface area contributed by atoms with Crippen molar-refractivity contribution in [3.05, 3.63) is 0 Å². The van der Waals surface area contributed by atoms with Crippen LogP contribution in [-0.2, 0) is 4.79 Å². The molecule has 0 saturated carbocycles. The summed E-state index contributed by atoms with van der Waals surface area (Å²) in [5.41, 5.74) is -0.745. The van der Waals surface area contributed by atoms with Crippen LogP contribution in [0.1, 0.15) is 52.9 Å². The van der Waals surface area contributed by atoms with Crippen molar-refractivity contribution in [1.29, 1.82) is 0 Å². The maximum atomic E-state index is 11.9. The van der Waals surface area contributed by atoms with E-state index in [1.165, 1.54) is 12.8 Å². The van der Waals surface area contributed by atoms with Crippen LogP contribution < -0.4 is 10.6 Å². The molecule has 112 valence electrons. The lowest BCUT2D eigenvalue weighted by Crippen LogP contribution is -2.43. The molecule has 1 fully saturated rings. The molecule has 0 aromatic rings. The second-order valence-corrected chi connectivity index (χ2v) is 6.00. The van der Waals surface area contributed by atoms with Crippen LogP contribution in [0.3, 0.4) is 0 Å². The fourth-order valence-electron chi connectivity index (χ4n) is 2.66. The fourth-order valence-corrected chi connectivity index (χ4v) is 2.66. The zero-order valence-electron chi connectivity index (χ0n) is 12.7. The molecule has 0 spiro atoms. The molecule has 2 atom stereocenters. The number of amides is 1. The average molecular weight is 270 g/mol. The van der Waals surface area contributed by atoms with Crippen LogP contribution in [0.5, 0.6) is 0 Å². The summed E-state index contributed by atoms with van der Waals surface area (Å²) in [5, 5.41) is 16.4. The van der Waals surface area contributed by atoms with Crippen molar-refractivity contribution in [1.82, 2.24) is 10.6 Å². The first-order valence-electron chi connectivity index (χ1n) is 7.70. The molecule has 0 aromatic heterocycles. The first kappa shape index (κ1) is 16.4. The smallest absolute Gasteiger partial charge is 0.220 e. The fraction of sp³-hybridized carbons (Fsp3) is 0.933. The Bertz CT molecular complexity index is 271. The lowest BCUT2D eigenvalue weighted by Gasteiger charge is -2.29. The molecule has 1 amide bonds. The van der Waals surface area contributed by atoms with Gasteiger partial charge in [0.2, 0.25) is 5.91 Å². The van der Waals surface area contributed by atoms with E-state index in [1.54, 1.807) is 0 Å². The lowest BCUT2D eigenvalue weighted by molar-refractivity contribution is -0.123. The van der Waals surface area contributed by atoms with Gasteiger partial charge in [0, 0.05) is 13.0 Å². The summed E-state index contributed by atoms with van der Waals surface area (Å²) in [6.07, 6.45) is 4.34. The third-order valence-corrected chi connectivity index (χ3v) is 4.58. The molecule has 3 N–H and O–H groups in total. The molecule has 2 unspecified atom stereocenters. The van der Waals surface area contributed by atoms with Crippen LogP contribution >= 0.6 is 0 Å². The second kappa shape index (κ2) is 7.85. The minimum atomic E-state index is -0.745. The zero-order valence-corrected chi connectivity index (χ0v) is 12.7.